The molecule has 23 heavy (non-hydrogen) atoms. The van der Waals surface area contributed by atoms with Gasteiger partial charge in [0.25, 0.3) is 0 Å². The molecule has 2 bridgehead atoms. The van der Waals surface area contributed by atoms with E-state index in [4.69, 9.17) is 10.5 Å². The Hall–Kier alpha value is -1.91. The van der Waals surface area contributed by atoms with E-state index in [1.807, 2.05) is 31.7 Å². The first-order valence-corrected chi connectivity index (χ1v) is 8.32. The van der Waals surface area contributed by atoms with Crippen LogP contribution in [0, 0.1) is 5.92 Å². The molecule has 1 amide bonds. The number of carbonyl (C=O) groups excluding carboxylic acids is 1. The van der Waals surface area contributed by atoms with Crippen LogP contribution in [0.5, 0.6) is 5.75 Å². The summed E-state index contributed by atoms with van der Waals surface area (Å²) in [5.74, 6) is 0.933. The number of phenolic OH excluding ortho intramolecular Hbond substituents is 1. The van der Waals surface area contributed by atoms with Crippen molar-refractivity contribution in [1.82, 2.24) is 4.90 Å². The summed E-state index contributed by atoms with van der Waals surface area (Å²) in [5, 5.41) is 9.86. The maximum absolute atomic E-state index is 12.4. The van der Waals surface area contributed by atoms with E-state index in [1.165, 1.54) is 0 Å². The van der Waals surface area contributed by atoms with Crippen molar-refractivity contribution in [3.05, 3.63) is 23.8 Å². The first kappa shape index (κ1) is 16.0. The molecule has 2 heterocycles. The first-order valence-electron chi connectivity index (χ1n) is 8.32. The topological polar surface area (TPSA) is 75.8 Å². The predicted octanol–water partition coefficient (Wildman–Crippen LogP) is 3.48. The van der Waals surface area contributed by atoms with Crippen LogP contribution in [0.25, 0.3) is 0 Å². The van der Waals surface area contributed by atoms with Crippen LogP contribution in [0.2, 0.25) is 0 Å². The van der Waals surface area contributed by atoms with Gasteiger partial charge < -0.3 is 20.5 Å². The molecule has 2 saturated heterocycles. The Balaban J connectivity index is 1.74. The van der Waals surface area contributed by atoms with Crippen LogP contribution in [0.4, 0.5) is 10.5 Å². The third-order valence-electron chi connectivity index (χ3n) is 4.95. The van der Waals surface area contributed by atoms with Gasteiger partial charge in [-0.1, -0.05) is 6.07 Å². The molecule has 5 heteroatoms. The predicted molar refractivity (Wildman–Crippen MR) is 89.3 cm³/mol. The van der Waals surface area contributed by atoms with E-state index in [2.05, 4.69) is 0 Å². The molecule has 3 atom stereocenters. The lowest BCUT2D eigenvalue weighted by Crippen LogP contribution is -2.54. The Kier molecular flexibility index (Phi) is 3.90. The van der Waals surface area contributed by atoms with Crippen LogP contribution in [-0.4, -0.2) is 34.3 Å². The lowest BCUT2D eigenvalue weighted by molar-refractivity contribution is -0.0180. The molecule has 0 aromatic heterocycles. The molecule has 2 aliphatic heterocycles. The van der Waals surface area contributed by atoms with Crippen LogP contribution in [0.1, 0.15) is 51.5 Å². The van der Waals surface area contributed by atoms with Crippen molar-refractivity contribution in [2.75, 3.05) is 12.3 Å². The molecule has 1 aliphatic carbocycles. The summed E-state index contributed by atoms with van der Waals surface area (Å²) in [6, 6.07) is 5.76. The molecule has 3 N–H and O–H groups in total. The molecule has 1 aromatic carbocycles. The van der Waals surface area contributed by atoms with Gasteiger partial charge in [0.2, 0.25) is 0 Å². The number of anilines is 1. The van der Waals surface area contributed by atoms with Gasteiger partial charge in [-0.05, 0) is 69.6 Å². The molecule has 1 saturated carbocycles. The van der Waals surface area contributed by atoms with Crippen LogP contribution in [0.3, 0.4) is 0 Å². The molecule has 5 nitrogen and oxygen atoms in total. The van der Waals surface area contributed by atoms with Gasteiger partial charge in [0.05, 0.1) is 5.69 Å². The molecule has 3 unspecified atom stereocenters. The average molecular weight is 318 g/mol. The summed E-state index contributed by atoms with van der Waals surface area (Å²) < 4.78 is 5.54. The number of piperidine rings is 2. The van der Waals surface area contributed by atoms with Crippen molar-refractivity contribution in [2.45, 2.75) is 57.6 Å². The van der Waals surface area contributed by atoms with Gasteiger partial charge in [-0.15, -0.1) is 0 Å². The Morgan fingerprint density at radius 1 is 1.35 bits per heavy atom. The maximum Gasteiger partial charge on any atom is 0.410 e. The van der Waals surface area contributed by atoms with E-state index < -0.39 is 5.60 Å². The third-order valence-corrected chi connectivity index (χ3v) is 4.95. The smallest absolute Gasteiger partial charge is 0.410 e. The second kappa shape index (κ2) is 5.62. The summed E-state index contributed by atoms with van der Waals surface area (Å²) in [6.07, 6.45) is 2.86. The molecule has 3 aliphatic rings. The standard InChI is InChI=1S/C18H26N2O3/c1-18(2,3)23-17(22)20-10-12-4-6-13(20)9-14(12)11-5-7-15(19)16(21)8-11/h5,7-8,12-14,21H,4,6,9-10,19H2,1-3H3. The molecular formula is C18H26N2O3. The van der Waals surface area contributed by atoms with Gasteiger partial charge in [-0.25, -0.2) is 4.79 Å². The fraction of sp³-hybridized carbons (Fsp3) is 0.611. The number of hydrogen-bond donors (Lipinski definition) is 2. The number of fused-ring (bicyclic) bond motifs is 3. The summed E-state index contributed by atoms with van der Waals surface area (Å²) in [4.78, 5) is 14.3. The number of benzene rings is 1. The number of hydrogen-bond acceptors (Lipinski definition) is 4. The van der Waals surface area contributed by atoms with Gasteiger partial charge in [-0.2, -0.15) is 0 Å². The van der Waals surface area contributed by atoms with Crippen LogP contribution in [-0.2, 0) is 4.74 Å². The number of nitrogens with two attached hydrogens (primary N) is 1. The highest BCUT2D eigenvalue weighted by Gasteiger charge is 2.44. The highest BCUT2D eigenvalue weighted by Crippen LogP contribution is 2.46. The minimum absolute atomic E-state index is 0.146. The number of nitrogen functional groups attached to an aromatic ring is 1. The minimum atomic E-state index is -0.462. The average Bonchev–Trinajstić information content (AvgIpc) is 2.48. The zero-order valence-corrected chi connectivity index (χ0v) is 14.1. The summed E-state index contributed by atoms with van der Waals surface area (Å²) in [5.41, 5.74) is 6.76. The lowest BCUT2D eigenvalue weighted by atomic mass is 9.69. The van der Waals surface area contributed by atoms with Gasteiger partial charge >= 0.3 is 6.09 Å². The van der Waals surface area contributed by atoms with E-state index >= 15 is 0 Å². The van der Waals surface area contributed by atoms with E-state index in [9.17, 15) is 9.90 Å². The third kappa shape index (κ3) is 3.23. The zero-order valence-electron chi connectivity index (χ0n) is 14.1. The SMILES string of the molecule is CC(C)(C)OC(=O)N1CC2CCC1CC2c1ccc(N)c(O)c1. The quantitative estimate of drug-likeness (QED) is 0.614. The van der Waals surface area contributed by atoms with Crippen molar-refractivity contribution < 1.29 is 14.6 Å². The van der Waals surface area contributed by atoms with Gasteiger partial charge in [-0.3, -0.25) is 0 Å². The maximum atomic E-state index is 12.4. The minimum Gasteiger partial charge on any atom is -0.506 e. The number of amides is 1. The number of rotatable bonds is 1. The van der Waals surface area contributed by atoms with Crippen LogP contribution < -0.4 is 5.73 Å². The summed E-state index contributed by atoms with van der Waals surface area (Å²) in [6.45, 7) is 6.42. The zero-order chi connectivity index (χ0) is 16.8. The Morgan fingerprint density at radius 2 is 2.09 bits per heavy atom. The fourth-order valence-electron chi connectivity index (χ4n) is 3.86. The van der Waals surface area contributed by atoms with Gasteiger partial charge in [0.1, 0.15) is 11.4 Å². The number of ether oxygens (including phenoxy) is 1. The number of carbonyl (C=O) groups is 1. The number of nitrogens with zero attached hydrogens (tertiary/aromatic N) is 1. The Morgan fingerprint density at radius 3 is 2.65 bits per heavy atom. The molecule has 0 radical (unpaired) electrons. The van der Waals surface area contributed by atoms with Crippen molar-refractivity contribution >= 4 is 11.8 Å². The van der Waals surface area contributed by atoms with E-state index in [0.29, 0.717) is 17.5 Å². The Labute approximate surface area is 137 Å². The molecule has 0 spiro atoms. The van der Waals surface area contributed by atoms with Crippen LogP contribution in [0.15, 0.2) is 18.2 Å². The van der Waals surface area contributed by atoms with Crippen molar-refractivity contribution in [2.24, 2.45) is 5.92 Å². The second-order valence-electron chi connectivity index (χ2n) is 7.78. The lowest BCUT2D eigenvalue weighted by Gasteiger charge is -2.49. The first-order chi connectivity index (χ1) is 10.7. The van der Waals surface area contributed by atoms with E-state index in [1.54, 1.807) is 12.1 Å². The van der Waals surface area contributed by atoms with E-state index in [0.717, 1.165) is 31.4 Å². The fourth-order valence-corrected chi connectivity index (χ4v) is 3.86. The molecule has 126 valence electrons. The number of phenols is 1. The van der Waals surface area contributed by atoms with Crippen molar-refractivity contribution in [3.63, 3.8) is 0 Å². The second-order valence-corrected chi connectivity index (χ2v) is 7.78. The van der Waals surface area contributed by atoms with Crippen molar-refractivity contribution in [1.29, 1.82) is 0 Å². The normalized spacial score (nSPS) is 27.1. The monoisotopic (exact) mass is 318 g/mol. The van der Waals surface area contributed by atoms with Crippen molar-refractivity contribution in [3.8, 4) is 5.75 Å². The highest BCUT2D eigenvalue weighted by molar-refractivity contribution is 5.69. The summed E-state index contributed by atoms with van der Waals surface area (Å²) in [7, 11) is 0. The molecule has 1 aromatic rings. The van der Waals surface area contributed by atoms with Gasteiger partial charge in [0, 0.05) is 12.6 Å². The summed E-state index contributed by atoms with van der Waals surface area (Å²) >= 11 is 0. The number of aromatic hydroxyl groups is 1. The molecule has 3 fully saturated rings. The molecule has 4 rings (SSSR count). The molecular weight excluding hydrogens is 292 g/mol. The van der Waals surface area contributed by atoms with E-state index in [-0.39, 0.29) is 17.9 Å². The van der Waals surface area contributed by atoms with Crippen LogP contribution >= 0.6 is 0 Å². The highest BCUT2D eigenvalue weighted by atomic mass is 16.6. The Bertz CT molecular complexity index is 609. The largest absolute Gasteiger partial charge is 0.506 e. The van der Waals surface area contributed by atoms with Gasteiger partial charge in [0.15, 0.2) is 0 Å².